The number of hydrogen-bond acceptors (Lipinski definition) is 6. The minimum atomic E-state index is -4.47. The van der Waals surface area contributed by atoms with Crippen molar-refractivity contribution >= 4 is 19.8 Å². The summed E-state index contributed by atoms with van der Waals surface area (Å²) in [5.41, 5.74) is 0. The van der Waals surface area contributed by atoms with E-state index in [9.17, 15) is 14.2 Å². The maximum atomic E-state index is 11.0. The standard InChI is InChI=1S/C8H11O7P/c1-3-7(9)13-5-6-14-16(11,12)15-8(10)4-2/h3-4H,1-2,5-6H2,(H,11,12). The summed E-state index contributed by atoms with van der Waals surface area (Å²) in [6.07, 6.45) is 1.64. The Hall–Kier alpha value is -1.43. The molecule has 0 saturated heterocycles. The minimum Gasteiger partial charge on any atom is -0.460 e. The third-order valence-corrected chi connectivity index (χ3v) is 2.04. The minimum absolute atomic E-state index is 0.263. The van der Waals surface area contributed by atoms with Gasteiger partial charge in [-0.25, -0.2) is 14.2 Å². The first-order chi connectivity index (χ1) is 7.41. The Morgan fingerprint density at radius 3 is 2.25 bits per heavy atom. The maximum absolute atomic E-state index is 11.0. The average molecular weight is 250 g/mol. The zero-order chi connectivity index (χ0) is 12.6. The fourth-order valence-corrected chi connectivity index (χ4v) is 1.19. The highest BCUT2D eigenvalue weighted by molar-refractivity contribution is 7.48. The van der Waals surface area contributed by atoms with Crippen molar-refractivity contribution in [1.82, 2.24) is 0 Å². The molecule has 0 aliphatic heterocycles. The van der Waals surface area contributed by atoms with Crippen molar-refractivity contribution < 1.29 is 32.8 Å². The van der Waals surface area contributed by atoms with Crippen molar-refractivity contribution in [3.63, 3.8) is 0 Å². The van der Waals surface area contributed by atoms with Gasteiger partial charge >= 0.3 is 19.8 Å². The van der Waals surface area contributed by atoms with Crippen molar-refractivity contribution in [3.8, 4) is 0 Å². The zero-order valence-electron chi connectivity index (χ0n) is 8.33. The Labute approximate surface area is 91.9 Å². The normalized spacial score (nSPS) is 13.3. The van der Waals surface area contributed by atoms with E-state index >= 15 is 0 Å². The van der Waals surface area contributed by atoms with Crippen LogP contribution in [0.3, 0.4) is 0 Å². The van der Waals surface area contributed by atoms with E-state index in [1.54, 1.807) is 0 Å². The number of phosphoric acid groups is 1. The number of rotatable bonds is 7. The fraction of sp³-hybridized carbons (Fsp3) is 0.250. The molecule has 1 unspecified atom stereocenters. The van der Waals surface area contributed by atoms with E-state index in [-0.39, 0.29) is 6.61 Å². The molecule has 0 aromatic heterocycles. The Bertz CT molecular complexity index is 335. The van der Waals surface area contributed by atoms with Crippen LogP contribution < -0.4 is 0 Å². The van der Waals surface area contributed by atoms with E-state index in [1.165, 1.54) is 0 Å². The molecule has 0 radical (unpaired) electrons. The molecule has 0 aliphatic carbocycles. The largest absolute Gasteiger partial charge is 0.529 e. The van der Waals surface area contributed by atoms with Gasteiger partial charge in [0, 0.05) is 12.2 Å². The summed E-state index contributed by atoms with van der Waals surface area (Å²) < 4.78 is 23.7. The van der Waals surface area contributed by atoms with Crippen LogP contribution in [-0.2, 0) is 27.9 Å². The van der Waals surface area contributed by atoms with E-state index in [0.29, 0.717) is 6.08 Å². The van der Waals surface area contributed by atoms with E-state index in [1.807, 2.05) is 0 Å². The highest BCUT2D eigenvalue weighted by atomic mass is 31.2. The summed E-state index contributed by atoms with van der Waals surface area (Å²) in [5, 5.41) is 0. The second-order valence-corrected chi connectivity index (χ2v) is 3.67. The number of ether oxygens (including phenoxy) is 1. The summed E-state index contributed by atoms with van der Waals surface area (Å²) in [6, 6.07) is 0. The molecular formula is C8H11O7P. The van der Waals surface area contributed by atoms with Crippen LogP contribution in [0.1, 0.15) is 0 Å². The second kappa shape index (κ2) is 6.95. The van der Waals surface area contributed by atoms with Crippen LogP contribution in [0.4, 0.5) is 0 Å². The SMILES string of the molecule is C=CC(=O)OCCOP(=O)(O)OC(=O)C=C. The first-order valence-corrected chi connectivity index (χ1v) is 5.53. The maximum Gasteiger partial charge on any atom is 0.529 e. The molecule has 0 heterocycles. The Kier molecular flexibility index (Phi) is 6.32. The first kappa shape index (κ1) is 14.6. The van der Waals surface area contributed by atoms with Gasteiger partial charge in [0.2, 0.25) is 0 Å². The Morgan fingerprint density at radius 1 is 1.19 bits per heavy atom. The van der Waals surface area contributed by atoms with Gasteiger partial charge in [-0.3, -0.25) is 9.42 Å². The number of carbonyl (C=O) groups excluding carboxylic acids is 2. The molecule has 0 aromatic rings. The van der Waals surface area contributed by atoms with Crippen molar-refractivity contribution in [2.24, 2.45) is 0 Å². The van der Waals surface area contributed by atoms with Gasteiger partial charge in [0.25, 0.3) is 0 Å². The molecule has 0 aliphatic rings. The monoisotopic (exact) mass is 250 g/mol. The molecule has 0 spiro atoms. The lowest BCUT2D eigenvalue weighted by Gasteiger charge is -2.10. The van der Waals surface area contributed by atoms with Gasteiger partial charge in [-0.15, -0.1) is 0 Å². The molecule has 1 N–H and O–H groups in total. The molecule has 0 amide bonds. The van der Waals surface area contributed by atoms with E-state index in [2.05, 4.69) is 26.9 Å². The molecule has 0 aromatic carbocycles. The van der Waals surface area contributed by atoms with Gasteiger partial charge in [0.15, 0.2) is 0 Å². The smallest absolute Gasteiger partial charge is 0.460 e. The van der Waals surface area contributed by atoms with Gasteiger partial charge in [0.05, 0.1) is 6.61 Å². The lowest BCUT2D eigenvalue weighted by Crippen LogP contribution is -2.09. The lowest BCUT2D eigenvalue weighted by molar-refractivity contribution is -0.139. The van der Waals surface area contributed by atoms with Crippen molar-refractivity contribution in [1.29, 1.82) is 0 Å². The summed E-state index contributed by atoms with van der Waals surface area (Å²) >= 11 is 0. The number of esters is 1. The quantitative estimate of drug-likeness (QED) is 0.305. The van der Waals surface area contributed by atoms with Gasteiger partial charge < -0.3 is 9.26 Å². The third-order valence-electron chi connectivity index (χ3n) is 1.12. The second-order valence-electron chi connectivity index (χ2n) is 2.29. The first-order valence-electron chi connectivity index (χ1n) is 4.04. The van der Waals surface area contributed by atoms with Gasteiger partial charge in [-0.2, -0.15) is 0 Å². The molecule has 16 heavy (non-hydrogen) atoms. The highest BCUT2D eigenvalue weighted by Gasteiger charge is 2.24. The van der Waals surface area contributed by atoms with Crippen molar-refractivity contribution in [2.45, 2.75) is 0 Å². The average Bonchev–Trinajstić information content (AvgIpc) is 2.23. The Balaban J connectivity index is 3.86. The summed E-state index contributed by atoms with van der Waals surface area (Å²) in [7, 11) is -4.47. The topological polar surface area (TPSA) is 99.1 Å². The summed E-state index contributed by atoms with van der Waals surface area (Å²) in [5.74, 6) is -1.78. The summed E-state index contributed by atoms with van der Waals surface area (Å²) in [6.45, 7) is 5.52. The van der Waals surface area contributed by atoms with E-state index in [0.717, 1.165) is 6.08 Å². The lowest BCUT2D eigenvalue weighted by atomic mass is 10.6. The van der Waals surface area contributed by atoms with Crippen LogP contribution in [0.2, 0.25) is 0 Å². The van der Waals surface area contributed by atoms with Crippen LogP contribution in [0.25, 0.3) is 0 Å². The molecule has 0 saturated carbocycles. The molecular weight excluding hydrogens is 239 g/mol. The van der Waals surface area contributed by atoms with E-state index in [4.69, 9.17) is 4.89 Å². The molecule has 0 bridgehead atoms. The number of hydrogen-bond donors (Lipinski definition) is 1. The Morgan fingerprint density at radius 2 is 1.75 bits per heavy atom. The number of carbonyl (C=O) groups is 2. The van der Waals surface area contributed by atoms with E-state index < -0.39 is 26.4 Å². The van der Waals surface area contributed by atoms with Crippen molar-refractivity contribution in [2.75, 3.05) is 13.2 Å². The summed E-state index contributed by atoms with van der Waals surface area (Å²) in [4.78, 5) is 30.0. The van der Waals surface area contributed by atoms with Crippen LogP contribution in [0, 0.1) is 0 Å². The van der Waals surface area contributed by atoms with Crippen LogP contribution >= 0.6 is 7.82 Å². The molecule has 7 nitrogen and oxygen atoms in total. The van der Waals surface area contributed by atoms with Crippen molar-refractivity contribution in [3.05, 3.63) is 25.3 Å². The van der Waals surface area contributed by atoms with Gasteiger partial charge in [0.1, 0.15) is 6.61 Å². The molecule has 90 valence electrons. The predicted molar refractivity (Wildman–Crippen MR) is 53.2 cm³/mol. The van der Waals surface area contributed by atoms with Crippen LogP contribution in [0.15, 0.2) is 25.3 Å². The third kappa shape index (κ3) is 6.94. The zero-order valence-corrected chi connectivity index (χ0v) is 9.22. The number of phosphoric ester groups is 1. The highest BCUT2D eigenvalue weighted by Crippen LogP contribution is 2.43. The van der Waals surface area contributed by atoms with Crippen LogP contribution in [0.5, 0.6) is 0 Å². The predicted octanol–water partition coefficient (Wildman–Crippen LogP) is 0.562. The molecule has 0 fully saturated rings. The fourth-order valence-electron chi connectivity index (χ4n) is 0.531. The van der Waals surface area contributed by atoms with Gasteiger partial charge in [-0.05, 0) is 0 Å². The van der Waals surface area contributed by atoms with Gasteiger partial charge in [-0.1, -0.05) is 13.2 Å². The molecule has 0 rings (SSSR count). The van der Waals surface area contributed by atoms with Crippen LogP contribution in [-0.4, -0.2) is 30.0 Å². The molecule has 1 atom stereocenters. The molecule has 8 heteroatoms.